The highest BCUT2D eigenvalue weighted by Gasteiger charge is 2.54. The van der Waals surface area contributed by atoms with E-state index < -0.39 is 40.5 Å². The predicted octanol–water partition coefficient (Wildman–Crippen LogP) is 6.49. The van der Waals surface area contributed by atoms with Gasteiger partial charge in [0.2, 0.25) is 0 Å². The van der Waals surface area contributed by atoms with E-state index in [2.05, 4.69) is 19.1 Å². The molecule has 0 aromatic rings. The highest BCUT2D eigenvalue weighted by atomic mass is 16.4. The Labute approximate surface area is 232 Å². The SMILES string of the molecule is CCCCCCC/C=C/CCCCCCC[N+](C(CCC)C(=O)[O-])(C(CCC)C(=O)O)C(CCC)C(=O)O. The standard InChI is InChI=1S/C31H57NO6/c1-5-9-10-11-12-13-14-15-16-17-18-19-20-21-25-32(26(22-6-2)29(33)34,27(23-7-3)30(35)36)28(24-8-4)31(37)38/h14-15,26-28H,5-13,16-25H2,1-4H3,(H2-,33,34,35,36,37,38)/b15-14+. The minimum absolute atomic E-state index is 0.203. The monoisotopic (exact) mass is 539 g/mol. The van der Waals surface area contributed by atoms with Crippen LogP contribution in [-0.4, -0.2) is 57.3 Å². The number of quaternary nitrogens is 1. The molecule has 222 valence electrons. The number of carbonyl (C=O) groups excluding carboxylic acids is 1. The summed E-state index contributed by atoms with van der Waals surface area (Å²) in [5.74, 6) is -3.57. The number of unbranched alkanes of at least 4 members (excludes halogenated alkanes) is 10. The molecule has 0 amide bonds. The van der Waals surface area contributed by atoms with Crippen molar-refractivity contribution in [2.24, 2.45) is 0 Å². The molecule has 0 bridgehead atoms. The molecule has 0 radical (unpaired) electrons. The minimum Gasteiger partial charge on any atom is -0.544 e. The van der Waals surface area contributed by atoms with E-state index in [9.17, 15) is 29.7 Å². The largest absolute Gasteiger partial charge is 0.544 e. The van der Waals surface area contributed by atoms with Crippen molar-refractivity contribution < 1.29 is 34.2 Å². The summed E-state index contributed by atoms with van der Waals surface area (Å²) in [6.07, 6.45) is 20.0. The summed E-state index contributed by atoms with van der Waals surface area (Å²) in [5, 5.41) is 32.9. The van der Waals surface area contributed by atoms with Crippen LogP contribution in [0.1, 0.15) is 143 Å². The van der Waals surface area contributed by atoms with Gasteiger partial charge in [-0.25, -0.2) is 9.59 Å². The van der Waals surface area contributed by atoms with Crippen LogP contribution in [0.3, 0.4) is 0 Å². The Morgan fingerprint density at radius 2 is 1.00 bits per heavy atom. The van der Waals surface area contributed by atoms with E-state index in [1.54, 1.807) is 0 Å². The first-order valence-electron chi connectivity index (χ1n) is 15.4. The quantitative estimate of drug-likeness (QED) is 0.0738. The number of nitrogens with zero attached hydrogens (tertiary/aromatic N) is 1. The molecule has 2 N–H and O–H groups in total. The van der Waals surface area contributed by atoms with E-state index in [1.165, 1.54) is 32.1 Å². The fourth-order valence-corrected chi connectivity index (χ4v) is 5.91. The van der Waals surface area contributed by atoms with E-state index in [1.807, 2.05) is 20.8 Å². The molecule has 0 aliphatic rings. The number of rotatable bonds is 26. The van der Waals surface area contributed by atoms with E-state index in [-0.39, 0.29) is 25.8 Å². The Kier molecular flexibility index (Phi) is 20.9. The normalized spacial score (nSPS) is 15.7. The van der Waals surface area contributed by atoms with Gasteiger partial charge in [-0.15, -0.1) is 0 Å². The summed E-state index contributed by atoms with van der Waals surface area (Å²) in [7, 11) is 0. The van der Waals surface area contributed by atoms with Gasteiger partial charge in [-0.1, -0.05) is 84.8 Å². The highest BCUT2D eigenvalue weighted by molar-refractivity contribution is 5.77. The third kappa shape index (κ3) is 12.8. The molecule has 0 aromatic carbocycles. The van der Waals surface area contributed by atoms with Crippen LogP contribution in [0.25, 0.3) is 0 Å². The van der Waals surface area contributed by atoms with Gasteiger partial charge in [0, 0.05) is 19.3 Å². The van der Waals surface area contributed by atoms with E-state index >= 15 is 0 Å². The lowest BCUT2D eigenvalue weighted by Crippen LogP contribution is -2.74. The van der Waals surface area contributed by atoms with Crippen molar-refractivity contribution in [2.75, 3.05) is 6.54 Å². The van der Waals surface area contributed by atoms with Gasteiger partial charge >= 0.3 is 11.9 Å². The van der Waals surface area contributed by atoms with Crippen LogP contribution in [-0.2, 0) is 14.4 Å². The number of allylic oxidation sites excluding steroid dienone is 2. The lowest BCUT2D eigenvalue weighted by molar-refractivity contribution is -0.975. The zero-order chi connectivity index (χ0) is 28.8. The van der Waals surface area contributed by atoms with Crippen LogP contribution in [0.2, 0.25) is 0 Å². The average molecular weight is 540 g/mol. The summed E-state index contributed by atoms with van der Waals surface area (Å²) >= 11 is 0. The van der Waals surface area contributed by atoms with E-state index in [0.717, 1.165) is 38.5 Å². The van der Waals surface area contributed by atoms with Crippen molar-refractivity contribution in [2.45, 2.75) is 161 Å². The second-order valence-corrected chi connectivity index (χ2v) is 10.9. The Morgan fingerprint density at radius 1 is 0.605 bits per heavy atom. The van der Waals surface area contributed by atoms with Crippen molar-refractivity contribution in [3.05, 3.63) is 12.2 Å². The zero-order valence-electron chi connectivity index (χ0n) is 24.8. The third-order valence-corrected chi connectivity index (χ3v) is 7.83. The van der Waals surface area contributed by atoms with Crippen molar-refractivity contribution >= 4 is 17.9 Å². The van der Waals surface area contributed by atoms with Crippen LogP contribution >= 0.6 is 0 Å². The van der Waals surface area contributed by atoms with Gasteiger partial charge in [-0.2, -0.15) is 0 Å². The van der Waals surface area contributed by atoms with E-state index in [4.69, 9.17) is 0 Å². The maximum Gasteiger partial charge on any atom is 0.362 e. The van der Waals surface area contributed by atoms with Crippen molar-refractivity contribution in [1.29, 1.82) is 0 Å². The second-order valence-electron chi connectivity index (χ2n) is 10.9. The number of hydrogen-bond donors (Lipinski definition) is 2. The summed E-state index contributed by atoms with van der Waals surface area (Å²) in [4.78, 5) is 37.5. The lowest BCUT2D eigenvalue weighted by atomic mass is 9.91. The van der Waals surface area contributed by atoms with Gasteiger partial charge in [0.05, 0.1) is 12.5 Å². The maximum absolute atomic E-state index is 12.5. The van der Waals surface area contributed by atoms with Crippen LogP contribution in [0, 0.1) is 0 Å². The highest BCUT2D eigenvalue weighted by Crippen LogP contribution is 2.34. The molecule has 0 spiro atoms. The molecule has 3 atom stereocenters. The first-order valence-corrected chi connectivity index (χ1v) is 15.4. The summed E-state index contributed by atoms with van der Waals surface area (Å²) in [5.41, 5.74) is 0. The van der Waals surface area contributed by atoms with Crippen LogP contribution < -0.4 is 5.11 Å². The van der Waals surface area contributed by atoms with Crippen LogP contribution in [0.15, 0.2) is 12.2 Å². The Hall–Kier alpha value is -1.89. The smallest absolute Gasteiger partial charge is 0.362 e. The van der Waals surface area contributed by atoms with Gasteiger partial charge in [0.1, 0.15) is 6.04 Å². The summed E-state index contributed by atoms with van der Waals surface area (Å²) in [6, 6.07) is -3.34. The van der Waals surface area contributed by atoms with Crippen molar-refractivity contribution in [3.63, 3.8) is 0 Å². The number of carboxylic acids is 3. The maximum atomic E-state index is 12.5. The Bertz CT molecular complexity index is 617. The molecule has 0 aromatic heterocycles. The van der Waals surface area contributed by atoms with Crippen LogP contribution in [0.5, 0.6) is 0 Å². The molecule has 0 fully saturated rings. The first-order chi connectivity index (χ1) is 18.2. The average Bonchev–Trinajstić information content (AvgIpc) is 2.87. The number of carbonyl (C=O) groups is 3. The molecule has 7 nitrogen and oxygen atoms in total. The topological polar surface area (TPSA) is 115 Å². The molecular formula is C31H57NO6. The fourth-order valence-electron chi connectivity index (χ4n) is 5.91. The molecule has 0 aliphatic heterocycles. The van der Waals surface area contributed by atoms with Gasteiger partial charge in [-0.05, 0) is 51.4 Å². The Balaban J connectivity index is 5.37. The lowest BCUT2D eigenvalue weighted by Gasteiger charge is -2.52. The fraction of sp³-hybridized carbons (Fsp3) is 0.839. The molecule has 0 saturated heterocycles. The van der Waals surface area contributed by atoms with E-state index in [0.29, 0.717) is 25.7 Å². The number of hydrogen-bond acceptors (Lipinski definition) is 4. The predicted molar refractivity (Wildman–Crippen MR) is 152 cm³/mol. The van der Waals surface area contributed by atoms with Gasteiger partial charge < -0.3 is 20.1 Å². The van der Waals surface area contributed by atoms with Crippen molar-refractivity contribution in [1.82, 2.24) is 0 Å². The third-order valence-electron chi connectivity index (χ3n) is 7.83. The molecule has 0 rings (SSSR count). The zero-order valence-corrected chi connectivity index (χ0v) is 24.8. The van der Waals surface area contributed by atoms with Gasteiger partial charge in [-0.3, -0.25) is 4.48 Å². The summed E-state index contributed by atoms with van der Waals surface area (Å²) < 4.78 is -0.441. The molecule has 0 saturated carbocycles. The first kappa shape index (κ1) is 36.1. The molecular weight excluding hydrogens is 482 g/mol. The molecule has 0 heterocycles. The van der Waals surface area contributed by atoms with Gasteiger partial charge in [0.15, 0.2) is 12.1 Å². The summed E-state index contributed by atoms with van der Waals surface area (Å²) in [6.45, 7) is 8.01. The molecule has 3 unspecified atom stereocenters. The Morgan fingerprint density at radius 3 is 1.39 bits per heavy atom. The molecule has 0 aliphatic carbocycles. The molecule has 38 heavy (non-hydrogen) atoms. The van der Waals surface area contributed by atoms with Crippen LogP contribution in [0.4, 0.5) is 0 Å². The number of aliphatic carboxylic acids is 3. The molecule has 7 heteroatoms. The minimum atomic E-state index is -1.34. The van der Waals surface area contributed by atoms with Crippen molar-refractivity contribution in [3.8, 4) is 0 Å². The van der Waals surface area contributed by atoms with Gasteiger partial charge in [0.25, 0.3) is 0 Å². The number of carboxylic acid groups (broad SMARTS) is 3. The second kappa shape index (κ2) is 22.0.